The van der Waals surface area contributed by atoms with E-state index in [1.807, 2.05) is 24.3 Å². The molecule has 0 atom stereocenters. The van der Waals surface area contributed by atoms with Crippen molar-refractivity contribution < 1.29 is 14.6 Å². The van der Waals surface area contributed by atoms with Crippen molar-refractivity contribution in [1.29, 1.82) is 0 Å². The summed E-state index contributed by atoms with van der Waals surface area (Å²) >= 11 is 0. The van der Waals surface area contributed by atoms with Gasteiger partial charge in [0.15, 0.2) is 0 Å². The summed E-state index contributed by atoms with van der Waals surface area (Å²) < 4.78 is 4.78. The fourth-order valence-corrected chi connectivity index (χ4v) is 1.34. The number of ether oxygens (including phenoxy) is 1. The number of carbonyl (C=O) groups is 1. The van der Waals surface area contributed by atoms with Crippen LogP contribution in [-0.4, -0.2) is 17.7 Å². The summed E-state index contributed by atoms with van der Waals surface area (Å²) in [5.74, 6) is 0.136. The first kappa shape index (κ1) is 11.6. The molecule has 0 aromatic carbocycles. The summed E-state index contributed by atoms with van der Waals surface area (Å²) in [6.45, 7) is 2.20. The molecule has 1 rings (SSSR count). The van der Waals surface area contributed by atoms with Crippen LogP contribution in [0.5, 0.6) is 0 Å². The van der Waals surface area contributed by atoms with Crippen molar-refractivity contribution in [2.24, 2.45) is 0 Å². The highest BCUT2D eigenvalue weighted by atomic mass is 16.5. The minimum atomic E-state index is -0.201. The van der Waals surface area contributed by atoms with Gasteiger partial charge in [-0.2, -0.15) is 0 Å². The minimum absolute atomic E-state index is 0.201. The molecule has 1 aliphatic carbocycles. The van der Waals surface area contributed by atoms with Gasteiger partial charge in [-0.25, -0.2) is 0 Å². The van der Waals surface area contributed by atoms with Gasteiger partial charge in [-0.1, -0.05) is 24.3 Å². The van der Waals surface area contributed by atoms with Crippen LogP contribution in [0.1, 0.15) is 26.2 Å². The monoisotopic (exact) mass is 208 g/mol. The first-order valence-corrected chi connectivity index (χ1v) is 5.16. The number of hydrogen-bond acceptors (Lipinski definition) is 3. The van der Waals surface area contributed by atoms with Crippen molar-refractivity contribution in [3.8, 4) is 0 Å². The number of aliphatic hydroxyl groups is 1. The zero-order valence-electron chi connectivity index (χ0n) is 8.90. The second-order valence-corrected chi connectivity index (χ2v) is 3.28. The van der Waals surface area contributed by atoms with Gasteiger partial charge in [0.25, 0.3) is 0 Å². The highest BCUT2D eigenvalue weighted by Gasteiger charge is 2.05. The van der Waals surface area contributed by atoms with Crippen molar-refractivity contribution in [3.05, 3.63) is 35.6 Å². The van der Waals surface area contributed by atoms with E-state index in [1.165, 1.54) is 0 Å². The molecular weight excluding hydrogens is 192 g/mol. The van der Waals surface area contributed by atoms with Gasteiger partial charge in [0.2, 0.25) is 0 Å². The average molecular weight is 208 g/mol. The van der Waals surface area contributed by atoms with Crippen LogP contribution in [0.3, 0.4) is 0 Å². The molecule has 0 radical (unpaired) electrons. The first-order valence-electron chi connectivity index (χ1n) is 5.16. The van der Waals surface area contributed by atoms with Crippen molar-refractivity contribution in [2.75, 3.05) is 6.61 Å². The quantitative estimate of drug-likeness (QED) is 0.558. The Morgan fingerprint density at radius 1 is 1.33 bits per heavy atom. The number of rotatable bonds is 5. The summed E-state index contributed by atoms with van der Waals surface area (Å²) in [5.41, 5.74) is 0.832. The van der Waals surface area contributed by atoms with Crippen LogP contribution in [-0.2, 0) is 9.53 Å². The van der Waals surface area contributed by atoms with Crippen molar-refractivity contribution in [3.63, 3.8) is 0 Å². The molecule has 0 fully saturated rings. The molecule has 0 aromatic rings. The molecule has 15 heavy (non-hydrogen) atoms. The molecule has 0 saturated heterocycles. The predicted molar refractivity (Wildman–Crippen MR) is 58.4 cm³/mol. The lowest BCUT2D eigenvalue weighted by atomic mass is 10.1. The van der Waals surface area contributed by atoms with Crippen LogP contribution in [0.2, 0.25) is 0 Å². The van der Waals surface area contributed by atoms with E-state index in [4.69, 9.17) is 4.74 Å². The summed E-state index contributed by atoms with van der Waals surface area (Å²) in [6.07, 6.45) is 8.93. The minimum Gasteiger partial charge on any atom is -0.512 e. The lowest BCUT2D eigenvalue weighted by molar-refractivity contribution is -0.143. The van der Waals surface area contributed by atoms with Crippen LogP contribution < -0.4 is 0 Å². The third-order valence-corrected chi connectivity index (χ3v) is 2.10. The molecular formula is C12H16O3. The molecule has 0 saturated carbocycles. The highest BCUT2D eigenvalue weighted by molar-refractivity contribution is 5.69. The molecule has 1 N–H and O–H groups in total. The van der Waals surface area contributed by atoms with E-state index in [1.54, 1.807) is 6.92 Å². The smallest absolute Gasteiger partial charge is 0.305 e. The fourth-order valence-electron chi connectivity index (χ4n) is 1.34. The van der Waals surface area contributed by atoms with E-state index in [2.05, 4.69) is 0 Å². The van der Waals surface area contributed by atoms with Gasteiger partial charge in [0, 0.05) is 18.4 Å². The first-order chi connectivity index (χ1) is 7.24. The Hall–Kier alpha value is -1.51. The van der Waals surface area contributed by atoms with Crippen molar-refractivity contribution >= 4 is 5.97 Å². The second-order valence-electron chi connectivity index (χ2n) is 3.28. The Morgan fingerprint density at radius 3 is 2.60 bits per heavy atom. The molecule has 3 nitrogen and oxygen atoms in total. The van der Waals surface area contributed by atoms with Crippen LogP contribution in [0.15, 0.2) is 35.6 Å². The van der Waals surface area contributed by atoms with Crippen molar-refractivity contribution in [1.82, 2.24) is 0 Å². The van der Waals surface area contributed by atoms with Crippen molar-refractivity contribution in [2.45, 2.75) is 26.2 Å². The van der Waals surface area contributed by atoms with Gasteiger partial charge in [-0.3, -0.25) is 4.79 Å². The maximum atomic E-state index is 11.0. The molecule has 1 aliphatic rings. The third-order valence-electron chi connectivity index (χ3n) is 2.10. The molecule has 0 aliphatic heterocycles. The Balaban J connectivity index is 2.26. The average Bonchev–Trinajstić information content (AvgIpc) is 2.70. The zero-order chi connectivity index (χ0) is 11.1. The van der Waals surface area contributed by atoms with E-state index >= 15 is 0 Å². The van der Waals surface area contributed by atoms with E-state index in [-0.39, 0.29) is 5.97 Å². The SMILES string of the molecule is CCOC(=O)CCCC(O)=C1C=CC=C1. The van der Waals surface area contributed by atoms with Gasteiger partial charge in [-0.15, -0.1) is 0 Å². The number of allylic oxidation sites excluding steroid dienone is 6. The number of hydrogen-bond donors (Lipinski definition) is 1. The molecule has 0 unspecified atom stereocenters. The van der Waals surface area contributed by atoms with E-state index in [0.717, 1.165) is 5.57 Å². The second kappa shape index (κ2) is 6.06. The fraction of sp³-hybridized carbons (Fsp3) is 0.417. The molecule has 0 amide bonds. The topological polar surface area (TPSA) is 46.5 Å². The summed E-state index contributed by atoms with van der Waals surface area (Å²) in [5, 5.41) is 9.62. The van der Waals surface area contributed by atoms with Gasteiger partial charge in [0.05, 0.1) is 12.4 Å². The maximum Gasteiger partial charge on any atom is 0.305 e. The van der Waals surface area contributed by atoms with Crippen LogP contribution in [0, 0.1) is 0 Å². The van der Waals surface area contributed by atoms with Crippen LogP contribution >= 0.6 is 0 Å². The lowest BCUT2D eigenvalue weighted by Gasteiger charge is -2.03. The normalized spacial score (nSPS) is 13.3. The zero-order valence-corrected chi connectivity index (χ0v) is 8.90. The van der Waals surface area contributed by atoms with Crippen LogP contribution in [0.25, 0.3) is 0 Å². The third kappa shape index (κ3) is 4.02. The van der Waals surface area contributed by atoms with Crippen LogP contribution in [0.4, 0.5) is 0 Å². The standard InChI is InChI=1S/C12H16O3/c1-2-15-12(14)9-5-8-11(13)10-6-3-4-7-10/h3-4,6-7,13H,2,5,8-9H2,1H3. The van der Waals surface area contributed by atoms with E-state index < -0.39 is 0 Å². The van der Waals surface area contributed by atoms with E-state index in [0.29, 0.717) is 31.6 Å². The Labute approximate surface area is 89.7 Å². The maximum absolute atomic E-state index is 11.0. The summed E-state index contributed by atoms with van der Waals surface area (Å²) in [7, 11) is 0. The molecule has 3 heteroatoms. The molecule has 0 aromatic heterocycles. The molecule has 0 heterocycles. The van der Waals surface area contributed by atoms with Gasteiger partial charge < -0.3 is 9.84 Å². The molecule has 82 valence electrons. The Kier molecular flexibility index (Phi) is 4.68. The number of aliphatic hydroxyl groups excluding tert-OH is 1. The van der Waals surface area contributed by atoms with Gasteiger partial charge in [-0.05, 0) is 13.3 Å². The summed E-state index contributed by atoms with van der Waals surface area (Å²) in [4.78, 5) is 11.0. The Morgan fingerprint density at radius 2 is 2.00 bits per heavy atom. The highest BCUT2D eigenvalue weighted by Crippen LogP contribution is 2.16. The molecule has 0 bridgehead atoms. The van der Waals surface area contributed by atoms with Gasteiger partial charge >= 0.3 is 5.97 Å². The van der Waals surface area contributed by atoms with E-state index in [9.17, 15) is 9.90 Å². The van der Waals surface area contributed by atoms with Gasteiger partial charge in [0.1, 0.15) is 0 Å². The lowest BCUT2D eigenvalue weighted by Crippen LogP contribution is -2.03. The number of carbonyl (C=O) groups excluding carboxylic acids is 1. The Bertz CT molecular complexity index is 297. The number of esters is 1. The molecule has 0 spiro atoms. The summed E-state index contributed by atoms with van der Waals surface area (Å²) in [6, 6.07) is 0. The predicted octanol–water partition coefficient (Wildman–Crippen LogP) is 2.66. The largest absolute Gasteiger partial charge is 0.512 e.